The van der Waals surface area contributed by atoms with Gasteiger partial charge in [-0.3, -0.25) is 4.40 Å². The highest BCUT2D eigenvalue weighted by molar-refractivity contribution is 9.09. The lowest BCUT2D eigenvalue weighted by molar-refractivity contribution is 0.0569. The number of anilines is 1. The maximum atomic E-state index is 5.64. The zero-order valence-electron chi connectivity index (χ0n) is 10.1. The number of hydrogen-bond acceptors (Lipinski definition) is 5. The summed E-state index contributed by atoms with van der Waals surface area (Å²) in [6, 6.07) is 0. The van der Waals surface area contributed by atoms with E-state index in [9.17, 15) is 0 Å². The summed E-state index contributed by atoms with van der Waals surface area (Å²) in [5.41, 5.74) is 0.810. The predicted octanol–water partition coefficient (Wildman–Crippen LogP) is 1.03. The lowest BCUT2D eigenvalue weighted by atomic mass is 10.3. The molecule has 0 N–H and O–H groups in total. The molecular formula is C11H14BrN5O. The fourth-order valence-corrected chi connectivity index (χ4v) is 2.55. The number of nitrogens with zero attached hydrogens (tertiary/aromatic N) is 5. The van der Waals surface area contributed by atoms with Gasteiger partial charge in [0.15, 0.2) is 5.82 Å². The van der Waals surface area contributed by atoms with Crippen LogP contribution in [0.3, 0.4) is 0 Å². The number of halogens is 1. The van der Waals surface area contributed by atoms with Crippen LogP contribution in [-0.4, -0.2) is 50.7 Å². The molecule has 2 aromatic heterocycles. The van der Waals surface area contributed by atoms with E-state index in [0.717, 1.165) is 35.7 Å². The molecule has 7 heteroatoms. The van der Waals surface area contributed by atoms with E-state index >= 15 is 0 Å². The highest BCUT2D eigenvalue weighted by Gasteiger charge is 2.23. The van der Waals surface area contributed by atoms with Crippen molar-refractivity contribution in [3.8, 4) is 0 Å². The zero-order valence-corrected chi connectivity index (χ0v) is 11.7. The van der Waals surface area contributed by atoms with Crippen molar-refractivity contribution in [1.29, 1.82) is 0 Å². The molecule has 0 radical (unpaired) electrons. The molecule has 1 fully saturated rings. The average Bonchev–Trinajstić information content (AvgIpc) is 2.81. The van der Waals surface area contributed by atoms with Crippen LogP contribution >= 0.6 is 15.9 Å². The topological polar surface area (TPSA) is 55.5 Å². The second-order valence-electron chi connectivity index (χ2n) is 4.28. The Morgan fingerprint density at radius 2 is 2.39 bits per heavy atom. The van der Waals surface area contributed by atoms with Crippen LogP contribution in [0.1, 0.15) is 5.82 Å². The Morgan fingerprint density at radius 1 is 1.50 bits per heavy atom. The predicted molar refractivity (Wildman–Crippen MR) is 71.3 cm³/mol. The average molecular weight is 312 g/mol. The van der Waals surface area contributed by atoms with Crippen molar-refractivity contribution in [2.45, 2.75) is 13.0 Å². The summed E-state index contributed by atoms with van der Waals surface area (Å²) in [5, 5.41) is 9.13. The molecule has 1 atom stereocenters. The second kappa shape index (κ2) is 4.81. The molecule has 6 nitrogen and oxygen atoms in total. The van der Waals surface area contributed by atoms with Gasteiger partial charge < -0.3 is 9.64 Å². The Bertz CT molecular complexity index is 557. The minimum absolute atomic E-state index is 0.199. The molecule has 1 saturated heterocycles. The molecule has 0 bridgehead atoms. The maximum Gasteiger partial charge on any atom is 0.203 e. The molecule has 0 spiro atoms. The summed E-state index contributed by atoms with van der Waals surface area (Å²) >= 11 is 3.46. The lowest BCUT2D eigenvalue weighted by Crippen LogP contribution is -2.43. The van der Waals surface area contributed by atoms with Gasteiger partial charge in [-0.1, -0.05) is 15.9 Å². The first-order valence-corrected chi connectivity index (χ1v) is 7.00. The van der Waals surface area contributed by atoms with Gasteiger partial charge in [0.05, 0.1) is 12.7 Å². The molecule has 0 saturated carbocycles. The Kier molecular flexibility index (Phi) is 3.17. The van der Waals surface area contributed by atoms with Gasteiger partial charge in [0.1, 0.15) is 5.82 Å². The Balaban J connectivity index is 1.98. The van der Waals surface area contributed by atoms with Crippen LogP contribution < -0.4 is 4.90 Å². The quantitative estimate of drug-likeness (QED) is 0.776. The zero-order chi connectivity index (χ0) is 12.5. The standard InChI is InChI=1S/C11H14BrN5O/c1-8-14-15-11-10(13-2-3-17(8)11)16-4-5-18-9(6-12)7-16/h2-3,9H,4-7H2,1H3. The van der Waals surface area contributed by atoms with Crippen molar-refractivity contribution in [1.82, 2.24) is 19.6 Å². The van der Waals surface area contributed by atoms with Crippen LogP contribution in [-0.2, 0) is 4.74 Å². The largest absolute Gasteiger partial charge is 0.374 e. The van der Waals surface area contributed by atoms with E-state index in [4.69, 9.17) is 4.74 Å². The number of morpholine rings is 1. The molecule has 18 heavy (non-hydrogen) atoms. The van der Waals surface area contributed by atoms with Crippen LogP contribution in [0.2, 0.25) is 0 Å². The number of aryl methyl sites for hydroxylation is 1. The number of fused-ring (bicyclic) bond motifs is 1. The first kappa shape index (κ1) is 11.9. The van der Waals surface area contributed by atoms with Gasteiger partial charge in [-0.2, -0.15) is 0 Å². The maximum absolute atomic E-state index is 5.64. The van der Waals surface area contributed by atoms with E-state index in [-0.39, 0.29) is 6.10 Å². The fourth-order valence-electron chi connectivity index (χ4n) is 2.16. The van der Waals surface area contributed by atoms with Crippen LogP contribution in [0.25, 0.3) is 5.65 Å². The van der Waals surface area contributed by atoms with Gasteiger partial charge in [0, 0.05) is 30.8 Å². The molecule has 3 heterocycles. The smallest absolute Gasteiger partial charge is 0.203 e. The fraction of sp³-hybridized carbons (Fsp3) is 0.545. The molecule has 0 aliphatic carbocycles. The minimum Gasteiger partial charge on any atom is -0.374 e. The molecule has 96 valence electrons. The van der Waals surface area contributed by atoms with Crippen molar-refractivity contribution in [2.75, 3.05) is 29.9 Å². The monoisotopic (exact) mass is 311 g/mol. The molecule has 1 unspecified atom stereocenters. The van der Waals surface area contributed by atoms with E-state index in [1.165, 1.54) is 0 Å². The van der Waals surface area contributed by atoms with Gasteiger partial charge in [-0.25, -0.2) is 4.98 Å². The normalized spacial score (nSPS) is 20.6. The number of hydrogen-bond donors (Lipinski definition) is 0. The molecule has 2 aromatic rings. The molecule has 1 aliphatic rings. The molecule has 3 rings (SSSR count). The Labute approximate surface area is 113 Å². The first-order valence-electron chi connectivity index (χ1n) is 5.88. The Hall–Kier alpha value is -1.21. The summed E-state index contributed by atoms with van der Waals surface area (Å²) in [6.45, 7) is 4.31. The third kappa shape index (κ3) is 1.97. The van der Waals surface area contributed by atoms with Crippen molar-refractivity contribution in [2.24, 2.45) is 0 Å². The lowest BCUT2D eigenvalue weighted by Gasteiger charge is -2.32. The van der Waals surface area contributed by atoms with E-state index in [2.05, 4.69) is 36.0 Å². The van der Waals surface area contributed by atoms with Gasteiger partial charge >= 0.3 is 0 Å². The number of ether oxygens (including phenoxy) is 1. The van der Waals surface area contributed by atoms with Crippen molar-refractivity contribution < 1.29 is 4.74 Å². The van der Waals surface area contributed by atoms with Crippen LogP contribution in [0.15, 0.2) is 12.4 Å². The second-order valence-corrected chi connectivity index (χ2v) is 4.93. The van der Waals surface area contributed by atoms with Crippen molar-refractivity contribution in [3.05, 3.63) is 18.2 Å². The van der Waals surface area contributed by atoms with Crippen LogP contribution in [0, 0.1) is 6.92 Å². The van der Waals surface area contributed by atoms with Gasteiger partial charge in [-0.15, -0.1) is 10.2 Å². The van der Waals surface area contributed by atoms with E-state index < -0.39 is 0 Å². The molecule has 1 aliphatic heterocycles. The highest BCUT2D eigenvalue weighted by atomic mass is 79.9. The van der Waals surface area contributed by atoms with Crippen LogP contribution in [0.5, 0.6) is 0 Å². The van der Waals surface area contributed by atoms with Crippen molar-refractivity contribution in [3.63, 3.8) is 0 Å². The Morgan fingerprint density at radius 3 is 3.22 bits per heavy atom. The molecule has 0 amide bonds. The molecule has 0 aromatic carbocycles. The summed E-state index contributed by atoms with van der Waals surface area (Å²) in [6.07, 6.45) is 3.87. The summed E-state index contributed by atoms with van der Waals surface area (Å²) < 4.78 is 7.60. The van der Waals surface area contributed by atoms with Crippen molar-refractivity contribution >= 4 is 27.4 Å². The summed E-state index contributed by atoms with van der Waals surface area (Å²) in [7, 11) is 0. The SMILES string of the molecule is Cc1nnc2c(N3CCOC(CBr)C3)nccn12. The third-order valence-corrected chi connectivity index (χ3v) is 3.81. The van der Waals surface area contributed by atoms with Crippen LogP contribution in [0.4, 0.5) is 5.82 Å². The van der Waals surface area contributed by atoms with Gasteiger partial charge in [0.2, 0.25) is 5.65 Å². The first-order chi connectivity index (χ1) is 8.79. The van der Waals surface area contributed by atoms with Gasteiger partial charge in [0.25, 0.3) is 0 Å². The number of alkyl halides is 1. The van der Waals surface area contributed by atoms with E-state index in [1.807, 2.05) is 17.5 Å². The van der Waals surface area contributed by atoms with E-state index in [0.29, 0.717) is 6.61 Å². The summed E-state index contributed by atoms with van der Waals surface area (Å²) in [5.74, 6) is 1.76. The minimum atomic E-state index is 0.199. The number of aromatic nitrogens is 4. The summed E-state index contributed by atoms with van der Waals surface area (Å²) in [4.78, 5) is 6.65. The number of rotatable bonds is 2. The molecular weight excluding hydrogens is 298 g/mol. The highest BCUT2D eigenvalue weighted by Crippen LogP contribution is 2.20. The van der Waals surface area contributed by atoms with E-state index in [1.54, 1.807) is 6.20 Å². The van der Waals surface area contributed by atoms with Gasteiger partial charge in [-0.05, 0) is 6.92 Å². The third-order valence-electron chi connectivity index (χ3n) is 3.09.